The lowest BCUT2D eigenvalue weighted by atomic mass is 10.2. The average molecular weight is 333 g/mol. The molecule has 1 atom stereocenters. The third-order valence-corrected chi connectivity index (χ3v) is 3.90. The van der Waals surface area contributed by atoms with Crippen LogP contribution in [-0.2, 0) is 10.0 Å². The molecule has 3 N–H and O–H groups in total. The minimum absolute atomic E-state index is 0. The maximum Gasteiger partial charge on any atom is 0.243 e. The standard InChI is InChI=1S/C11H15F3N2O2S.ClH/c1-2-3-7(15)6-16-19(17,18)11-5-9(13)8(12)4-10(11)14;/h4-5,7,16H,2-3,6,15H2,1H3;1H. The van der Waals surface area contributed by atoms with Crippen LogP contribution in [0.15, 0.2) is 17.0 Å². The molecule has 0 saturated heterocycles. The Morgan fingerprint density at radius 2 is 1.75 bits per heavy atom. The summed E-state index contributed by atoms with van der Waals surface area (Å²) >= 11 is 0. The maximum atomic E-state index is 13.3. The molecule has 0 fully saturated rings. The predicted molar refractivity (Wildman–Crippen MR) is 71.6 cm³/mol. The number of hydrogen-bond donors (Lipinski definition) is 2. The van der Waals surface area contributed by atoms with Crippen molar-refractivity contribution in [3.63, 3.8) is 0 Å². The summed E-state index contributed by atoms with van der Waals surface area (Å²) in [6.45, 7) is 1.78. The van der Waals surface area contributed by atoms with Crippen LogP contribution < -0.4 is 10.5 Å². The molecule has 1 rings (SSSR count). The molecule has 0 aliphatic rings. The summed E-state index contributed by atoms with van der Waals surface area (Å²) in [4.78, 5) is -0.935. The van der Waals surface area contributed by atoms with Gasteiger partial charge in [0.15, 0.2) is 11.6 Å². The number of nitrogens with one attached hydrogen (secondary N) is 1. The van der Waals surface area contributed by atoms with Crippen molar-refractivity contribution in [2.75, 3.05) is 6.54 Å². The zero-order valence-electron chi connectivity index (χ0n) is 10.7. The van der Waals surface area contributed by atoms with Gasteiger partial charge in [0.05, 0.1) is 0 Å². The van der Waals surface area contributed by atoms with Crippen LogP contribution in [0.3, 0.4) is 0 Å². The molecule has 1 aromatic rings. The number of benzene rings is 1. The molecule has 0 aliphatic heterocycles. The highest BCUT2D eigenvalue weighted by Crippen LogP contribution is 2.18. The fourth-order valence-corrected chi connectivity index (χ4v) is 2.64. The maximum absolute atomic E-state index is 13.3. The lowest BCUT2D eigenvalue weighted by Crippen LogP contribution is -2.37. The molecule has 116 valence electrons. The van der Waals surface area contributed by atoms with Crippen molar-refractivity contribution in [3.05, 3.63) is 29.6 Å². The summed E-state index contributed by atoms with van der Waals surface area (Å²) in [5.41, 5.74) is 5.61. The highest BCUT2D eigenvalue weighted by Gasteiger charge is 2.22. The lowest BCUT2D eigenvalue weighted by Gasteiger charge is -2.12. The van der Waals surface area contributed by atoms with E-state index in [2.05, 4.69) is 4.72 Å². The Kier molecular flexibility index (Phi) is 7.50. The topological polar surface area (TPSA) is 72.2 Å². The van der Waals surface area contributed by atoms with E-state index < -0.39 is 38.4 Å². The minimum Gasteiger partial charge on any atom is -0.327 e. The second kappa shape index (κ2) is 7.82. The Hall–Kier alpha value is -0.830. The molecule has 4 nitrogen and oxygen atoms in total. The van der Waals surface area contributed by atoms with E-state index in [1.807, 2.05) is 6.92 Å². The molecular weight excluding hydrogens is 317 g/mol. The highest BCUT2D eigenvalue weighted by molar-refractivity contribution is 7.89. The van der Waals surface area contributed by atoms with Crippen LogP contribution in [-0.4, -0.2) is 21.0 Å². The van der Waals surface area contributed by atoms with E-state index >= 15 is 0 Å². The summed E-state index contributed by atoms with van der Waals surface area (Å²) in [6, 6.07) is 0.0712. The molecule has 20 heavy (non-hydrogen) atoms. The number of hydrogen-bond acceptors (Lipinski definition) is 3. The van der Waals surface area contributed by atoms with E-state index in [9.17, 15) is 21.6 Å². The molecule has 0 amide bonds. The van der Waals surface area contributed by atoms with Crippen molar-refractivity contribution < 1.29 is 21.6 Å². The van der Waals surface area contributed by atoms with Gasteiger partial charge < -0.3 is 5.73 Å². The SMILES string of the molecule is CCCC(N)CNS(=O)(=O)c1cc(F)c(F)cc1F.Cl. The number of sulfonamides is 1. The molecule has 0 saturated carbocycles. The van der Waals surface area contributed by atoms with Gasteiger partial charge in [-0.2, -0.15) is 0 Å². The van der Waals surface area contributed by atoms with Gasteiger partial charge in [0.1, 0.15) is 10.7 Å². The minimum atomic E-state index is -4.26. The first-order valence-corrected chi connectivity index (χ1v) is 7.16. The molecule has 0 bridgehead atoms. The van der Waals surface area contributed by atoms with Crippen molar-refractivity contribution in [2.45, 2.75) is 30.7 Å². The van der Waals surface area contributed by atoms with Crippen LogP contribution >= 0.6 is 12.4 Å². The summed E-state index contributed by atoms with van der Waals surface area (Å²) in [5.74, 6) is -4.23. The zero-order valence-corrected chi connectivity index (χ0v) is 12.3. The second-order valence-electron chi connectivity index (χ2n) is 4.10. The lowest BCUT2D eigenvalue weighted by molar-refractivity contribution is 0.480. The molecule has 0 heterocycles. The Labute approximate surface area is 122 Å². The third-order valence-electron chi connectivity index (χ3n) is 2.46. The third kappa shape index (κ3) is 4.93. The summed E-state index contributed by atoms with van der Waals surface area (Å²) in [6.07, 6.45) is 1.35. The molecule has 1 aromatic carbocycles. The van der Waals surface area contributed by atoms with Crippen LogP contribution in [0.4, 0.5) is 13.2 Å². The van der Waals surface area contributed by atoms with Crippen molar-refractivity contribution in [1.82, 2.24) is 4.72 Å². The van der Waals surface area contributed by atoms with Gasteiger partial charge in [0, 0.05) is 18.7 Å². The molecule has 0 aliphatic carbocycles. The van der Waals surface area contributed by atoms with E-state index in [0.717, 1.165) is 6.42 Å². The molecular formula is C11H16ClF3N2O2S. The van der Waals surface area contributed by atoms with Gasteiger partial charge >= 0.3 is 0 Å². The zero-order chi connectivity index (χ0) is 14.6. The van der Waals surface area contributed by atoms with Crippen LogP contribution in [0.25, 0.3) is 0 Å². The van der Waals surface area contributed by atoms with Crippen LogP contribution in [0.1, 0.15) is 19.8 Å². The summed E-state index contributed by atoms with van der Waals surface area (Å²) in [5, 5.41) is 0. The average Bonchev–Trinajstić information content (AvgIpc) is 2.31. The molecule has 0 aromatic heterocycles. The predicted octanol–water partition coefficient (Wildman–Crippen LogP) is 1.93. The quantitative estimate of drug-likeness (QED) is 0.782. The van der Waals surface area contributed by atoms with E-state index in [1.165, 1.54) is 0 Å². The van der Waals surface area contributed by atoms with Gasteiger partial charge in [-0.3, -0.25) is 0 Å². The molecule has 1 unspecified atom stereocenters. The smallest absolute Gasteiger partial charge is 0.243 e. The molecule has 0 spiro atoms. The number of halogens is 4. The van der Waals surface area contributed by atoms with Crippen molar-refractivity contribution >= 4 is 22.4 Å². The van der Waals surface area contributed by atoms with E-state index in [-0.39, 0.29) is 25.0 Å². The van der Waals surface area contributed by atoms with Crippen molar-refractivity contribution in [1.29, 1.82) is 0 Å². The Balaban J connectivity index is 0.00000361. The molecule has 0 radical (unpaired) electrons. The van der Waals surface area contributed by atoms with Crippen molar-refractivity contribution in [2.24, 2.45) is 5.73 Å². The van der Waals surface area contributed by atoms with Crippen LogP contribution in [0, 0.1) is 17.5 Å². The van der Waals surface area contributed by atoms with E-state index in [1.54, 1.807) is 0 Å². The monoisotopic (exact) mass is 332 g/mol. The van der Waals surface area contributed by atoms with Crippen LogP contribution in [0.2, 0.25) is 0 Å². The summed E-state index contributed by atoms with van der Waals surface area (Å²) < 4.78 is 64.5. The Morgan fingerprint density at radius 1 is 1.20 bits per heavy atom. The normalized spacial score (nSPS) is 12.8. The van der Waals surface area contributed by atoms with Crippen molar-refractivity contribution in [3.8, 4) is 0 Å². The number of nitrogens with two attached hydrogens (primary N) is 1. The highest BCUT2D eigenvalue weighted by atomic mass is 35.5. The van der Waals surface area contributed by atoms with E-state index in [4.69, 9.17) is 5.73 Å². The van der Waals surface area contributed by atoms with Gasteiger partial charge in [-0.15, -0.1) is 12.4 Å². The largest absolute Gasteiger partial charge is 0.327 e. The van der Waals surface area contributed by atoms with Crippen LogP contribution in [0.5, 0.6) is 0 Å². The molecule has 9 heteroatoms. The first-order valence-electron chi connectivity index (χ1n) is 5.67. The van der Waals surface area contributed by atoms with E-state index in [0.29, 0.717) is 12.5 Å². The first kappa shape index (κ1) is 19.2. The fourth-order valence-electron chi connectivity index (χ4n) is 1.48. The first-order chi connectivity index (χ1) is 8.77. The van der Waals surface area contributed by atoms with Gasteiger partial charge in [-0.25, -0.2) is 26.3 Å². The fraction of sp³-hybridized carbons (Fsp3) is 0.455. The van der Waals surface area contributed by atoms with Gasteiger partial charge in [0.25, 0.3) is 0 Å². The van der Waals surface area contributed by atoms with Gasteiger partial charge in [0.2, 0.25) is 10.0 Å². The second-order valence-corrected chi connectivity index (χ2v) is 5.83. The number of rotatable bonds is 6. The Morgan fingerprint density at radius 3 is 2.30 bits per heavy atom. The Bertz CT molecular complexity index is 555. The van der Waals surface area contributed by atoms with Gasteiger partial charge in [-0.05, 0) is 12.5 Å². The van der Waals surface area contributed by atoms with Gasteiger partial charge in [-0.1, -0.05) is 13.3 Å². The summed E-state index contributed by atoms with van der Waals surface area (Å²) in [7, 11) is -4.26.